The van der Waals surface area contributed by atoms with Gasteiger partial charge >= 0.3 is 6.85 Å². The normalized spacial score (nSPS) is 12.5. The molecule has 2 aliphatic heterocycles. The van der Waals surface area contributed by atoms with Crippen LogP contribution in [-0.2, 0) is 0 Å². The molecular weight excluding hydrogens is 916 g/mol. The lowest BCUT2D eigenvalue weighted by atomic mass is 9.45. The highest BCUT2D eigenvalue weighted by Gasteiger charge is 2.44. The first kappa shape index (κ1) is 44.8. The van der Waals surface area contributed by atoms with E-state index in [9.17, 15) is 0 Å². The predicted molar refractivity (Wildman–Crippen MR) is 327 cm³/mol. The summed E-state index contributed by atoms with van der Waals surface area (Å²) >= 11 is 0. The third-order valence-corrected chi connectivity index (χ3v) is 17.9. The van der Waals surface area contributed by atoms with E-state index in [2.05, 4.69) is 253 Å². The van der Waals surface area contributed by atoms with E-state index in [1.54, 1.807) is 0 Å². The van der Waals surface area contributed by atoms with Crippen LogP contribution in [0.2, 0.25) is 0 Å². The average Bonchev–Trinajstić information content (AvgIpc) is 3.98. The molecule has 11 aromatic carbocycles. The number of nitrogens with zero attached hydrogens (tertiary/aromatic N) is 2. The van der Waals surface area contributed by atoms with Crippen molar-refractivity contribution < 1.29 is 0 Å². The van der Waals surface area contributed by atoms with Gasteiger partial charge in [0.2, 0.25) is 0 Å². The van der Waals surface area contributed by atoms with Crippen molar-refractivity contribution in [3.8, 4) is 72.4 Å². The van der Waals surface area contributed by atoms with Gasteiger partial charge in [-0.15, -0.1) is 0 Å². The van der Waals surface area contributed by atoms with Crippen molar-refractivity contribution in [3.05, 3.63) is 232 Å². The Morgan fingerprint density at radius 2 is 0.855 bits per heavy atom. The maximum Gasteiger partial charge on any atom is 0.333 e. The van der Waals surface area contributed by atoms with Crippen molar-refractivity contribution in [2.24, 2.45) is 0 Å². The third kappa shape index (κ3) is 6.06. The minimum absolute atomic E-state index is 0.134. The van der Waals surface area contributed by atoms with E-state index in [0.717, 1.165) is 0 Å². The SMILES string of the molecule is Cc1ccccc1-c1ccc2c(c1)c1cc(-c3ccccc3C)cc3c1n2B1c2c(cc(-c4c(C)cccc4C)c(C)c2-3)-n2c3cc(-c4c(C)cccc4C)c4ccccc4c3c3cc(-c4c(C)cccc4C)cc1c32. The Hall–Kier alpha value is -8.66. The van der Waals surface area contributed by atoms with Crippen molar-refractivity contribution in [2.45, 2.75) is 62.3 Å². The number of hydrogen-bond donors (Lipinski definition) is 0. The van der Waals surface area contributed by atoms with Gasteiger partial charge in [-0.2, -0.15) is 0 Å². The van der Waals surface area contributed by atoms with Gasteiger partial charge in [0.1, 0.15) is 0 Å². The number of rotatable bonds is 5. The smallest absolute Gasteiger partial charge is 0.333 e. The van der Waals surface area contributed by atoms with Crippen LogP contribution in [0.4, 0.5) is 0 Å². The second kappa shape index (κ2) is 16.2. The highest BCUT2D eigenvalue weighted by Crippen LogP contribution is 2.51. The molecule has 0 saturated carbocycles. The molecular formula is C73H57BN2. The lowest BCUT2D eigenvalue weighted by molar-refractivity contribution is 1.17. The summed E-state index contributed by atoms with van der Waals surface area (Å²) in [5.74, 6) is 0. The van der Waals surface area contributed by atoms with Gasteiger partial charge in [0.05, 0.1) is 11.0 Å². The molecule has 4 heterocycles. The van der Waals surface area contributed by atoms with Crippen LogP contribution in [0.1, 0.15) is 50.1 Å². The van der Waals surface area contributed by atoms with E-state index in [0.29, 0.717) is 0 Å². The summed E-state index contributed by atoms with van der Waals surface area (Å²) in [6, 6.07) is 70.1. The number of fused-ring (bicyclic) bond motifs is 12. The van der Waals surface area contributed by atoms with E-state index >= 15 is 0 Å². The predicted octanol–water partition coefficient (Wildman–Crippen LogP) is 18.1. The molecule has 0 atom stereocenters. The lowest BCUT2D eigenvalue weighted by Crippen LogP contribution is -2.55. The van der Waals surface area contributed by atoms with E-state index in [-0.39, 0.29) is 6.85 Å². The highest BCUT2D eigenvalue weighted by atomic mass is 15.0. The average molecular weight is 973 g/mol. The molecule has 0 spiro atoms. The van der Waals surface area contributed by atoms with Crippen LogP contribution in [0, 0.1) is 62.3 Å². The van der Waals surface area contributed by atoms with E-state index in [1.807, 2.05) is 0 Å². The van der Waals surface area contributed by atoms with E-state index in [4.69, 9.17) is 0 Å². The third-order valence-electron chi connectivity index (χ3n) is 17.9. The fourth-order valence-electron chi connectivity index (χ4n) is 14.6. The van der Waals surface area contributed by atoms with Gasteiger partial charge in [-0.25, -0.2) is 0 Å². The second-order valence-corrected chi connectivity index (χ2v) is 22.4. The van der Waals surface area contributed by atoms with Crippen molar-refractivity contribution in [1.82, 2.24) is 9.05 Å². The Morgan fingerprint density at radius 3 is 1.50 bits per heavy atom. The highest BCUT2D eigenvalue weighted by molar-refractivity contribution is 6.90. The van der Waals surface area contributed by atoms with Gasteiger partial charge in [-0.05, 0) is 238 Å². The molecule has 0 unspecified atom stereocenters. The van der Waals surface area contributed by atoms with Crippen molar-refractivity contribution >= 4 is 72.2 Å². The zero-order chi connectivity index (χ0) is 51.6. The van der Waals surface area contributed by atoms with E-state index in [1.165, 1.54) is 188 Å². The second-order valence-electron chi connectivity index (χ2n) is 22.4. The molecule has 0 radical (unpaired) electrons. The zero-order valence-electron chi connectivity index (χ0n) is 44.8. The summed E-state index contributed by atoms with van der Waals surface area (Å²) in [7, 11) is 0. The molecule has 15 rings (SSSR count). The number of aryl methyl sites for hydroxylation is 8. The number of benzene rings is 11. The van der Waals surface area contributed by atoms with Crippen molar-refractivity contribution in [1.29, 1.82) is 0 Å². The monoisotopic (exact) mass is 972 g/mol. The Bertz CT molecular complexity index is 4680. The molecule has 76 heavy (non-hydrogen) atoms. The van der Waals surface area contributed by atoms with Crippen LogP contribution in [0.15, 0.2) is 182 Å². The minimum atomic E-state index is -0.134. The van der Waals surface area contributed by atoms with Crippen LogP contribution in [0.3, 0.4) is 0 Å². The Morgan fingerprint density at radius 1 is 0.316 bits per heavy atom. The molecule has 13 aromatic rings. The van der Waals surface area contributed by atoms with Crippen LogP contribution in [0.5, 0.6) is 0 Å². The summed E-state index contributed by atoms with van der Waals surface area (Å²) < 4.78 is 5.50. The standard InChI is InChI=1S/C73H57BN2/c1-40-19-10-12-27-52(40)49-31-32-63-57(33-49)59-34-50(53-28-13-11-20-41(53)2)35-60-69-48(9)56(67-44(5)23-17-24-45(67)6)38-65-71(69)74(76(63)72(59)60)62-37-51(66-42(3)21-16-22-43(66)4)36-61-70-55-30-15-14-29-54(55)58(39-64(70)75(65)73(61)62)68-46(7)25-18-26-47(68)8/h10-39H,1-9H3. The first-order valence-corrected chi connectivity index (χ1v) is 27.1. The van der Waals surface area contributed by atoms with Crippen LogP contribution >= 0.6 is 0 Å². The molecule has 0 N–H and O–H groups in total. The molecule has 0 bridgehead atoms. The molecule has 0 saturated heterocycles. The molecule has 0 amide bonds. The minimum Gasteiger partial charge on any atom is -0.375 e. The first-order valence-electron chi connectivity index (χ1n) is 27.1. The number of hydrogen-bond acceptors (Lipinski definition) is 0. The summed E-state index contributed by atoms with van der Waals surface area (Å²) in [6.07, 6.45) is 0. The fourth-order valence-corrected chi connectivity index (χ4v) is 14.6. The van der Waals surface area contributed by atoms with Crippen LogP contribution < -0.4 is 10.9 Å². The topological polar surface area (TPSA) is 9.86 Å². The molecule has 0 fully saturated rings. The Balaban J connectivity index is 1.20. The Labute approximate surface area is 445 Å². The van der Waals surface area contributed by atoms with Gasteiger partial charge in [0.15, 0.2) is 0 Å². The maximum absolute atomic E-state index is 2.78. The molecule has 2 aliphatic rings. The van der Waals surface area contributed by atoms with Gasteiger partial charge in [-0.3, -0.25) is 0 Å². The largest absolute Gasteiger partial charge is 0.375 e. The van der Waals surface area contributed by atoms with Gasteiger partial charge < -0.3 is 9.05 Å². The molecule has 2 aromatic heterocycles. The summed E-state index contributed by atoms with van der Waals surface area (Å²) in [5.41, 5.74) is 36.2. The zero-order valence-corrected chi connectivity index (χ0v) is 44.8. The van der Waals surface area contributed by atoms with Gasteiger partial charge in [0.25, 0.3) is 0 Å². The van der Waals surface area contributed by atoms with E-state index < -0.39 is 0 Å². The quantitative estimate of drug-likeness (QED) is 0.152. The van der Waals surface area contributed by atoms with Gasteiger partial charge in [0, 0.05) is 43.8 Å². The van der Waals surface area contributed by atoms with Crippen LogP contribution in [-0.4, -0.2) is 15.9 Å². The molecule has 0 aliphatic carbocycles. The van der Waals surface area contributed by atoms with Gasteiger partial charge in [-0.1, -0.05) is 140 Å². The van der Waals surface area contributed by atoms with Crippen LogP contribution in [0.25, 0.3) is 127 Å². The maximum atomic E-state index is 2.78. The molecule has 362 valence electrons. The number of aromatic nitrogens is 2. The molecule has 3 heteroatoms. The lowest BCUT2D eigenvalue weighted by Gasteiger charge is -2.36. The van der Waals surface area contributed by atoms with Crippen molar-refractivity contribution in [3.63, 3.8) is 0 Å². The molecule has 2 nitrogen and oxygen atoms in total. The van der Waals surface area contributed by atoms with Crippen molar-refractivity contribution in [2.75, 3.05) is 0 Å². The summed E-state index contributed by atoms with van der Waals surface area (Å²) in [4.78, 5) is 0. The Kier molecular flexibility index (Phi) is 9.53. The summed E-state index contributed by atoms with van der Waals surface area (Å²) in [5, 5.41) is 7.75. The summed E-state index contributed by atoms with van der Waals surface area (Å²) in [6.45, 7) is 20.5. The first-order chi connectivity index (χ1) is 37.0. The fraction of sp³-hybridized carbons (Fsp3) is 0.123.